The summed E-state index contributed by atoms with van der Waals surface area (Å²) in [5.74, 6) is -0.352. The highest BCUT2D eigenvalue weighted by molar-refractivity contribution is 5.75. The summed E-state index contributed by atoms with van der Waals surface area (Å²) >= 11 is 0. The molecular formula is C12H21N3O2. The minimum atomic E-state index is -0.610. The Balaban J connectivity index is 2.72. The predicted octanol–water partition coefficient (Wildman–Crippen LogP) is 0.898. The Morgan fingerprint density at radius 2 is 2.24 bits per heavy atom. The van der Waals surface area contributed by atoms with E-state index in [4.69, 9.17) is 10.5 Å². The molecule has 2 N–H and O–H groups in total. The number of aromatic nitrogens is 2. The topological polar surface area (TPSA) is 70.1 Å². The van der Waals surface area contributed by atoms with Crippen LogP contribution in [-0.2, 0) is 28.9 Å². The second kappa shape index (κ2) is 6.39. The number of nitrogens with two attached hydrogens (primary N) is 1. The van der Waals surface area contributed by atoms with Crippen molar-refractivity contribution in [3.05, 3.63) is 17.5 Å². The predicted molar refractivity (Wildman–Crippen MR) is 65.6 cm³/mol. The minimum Gasteiger partial charge on any atom is -0.465 e. The highest BCUT2D eigenvalue weighted by Gasteiger charge is 2.17. The third-order valence-electron chi connectivity index (χ3n) is 2.59. The van der Waals surface area contributed by atoms with E-state index in [9.17, 15) is 4.79 Å². The minimum absolute atomic E-state index is 0.352. The van der Waals surface area contributed by atoms with Gasteiger partial charge in [0.2, 0.25) is 0 Å². The molecule has 1 heterocycles. The zero-order chi connectivity index (χ0) is 12.8. The van der Waals surface area contributed by atoms with Crippen molar-refractivity contribution in [3.8, 4) is 0 Å². The number of carbonyl (C=O) groups is 1. The molecule has 0 bridgehead atoms. The van der Waals surface area contributed by atoms with Crippen LogP contribution in [0, 0.1) is 0 Å². The average Bonchev–Trinajstić information content (AvgIpc) is 2.71. The maximum absolute atomic E-state index is 11.4. The van der Waals surface area contributed by atoms with E-state index in [2.05, 4.69) is 12.0 Å². The number of hydrogen-bond donors (Lipinski definition) is 1. The van der Waals surface area contributed by atoms with Gasteiger partial charge in [0.15, 0.2) is 0 Å². The Kier molecular flexibility index (Phi) is 5.15. The lowest BCUT2D eigenvalue weighted by Crippen LogP contribution is -2.35. The molecule has 0 spiro atoms. The second-order valence-electron chi connectivity index (χ2n) is 3.86. The molecule has 0 saturated heterocycles. The summed E-state index contributed by atoms with van der Waals surface area (Å²) in [5.41, 5.74) is 7.81. The molecule has 0 aliphatic rings. The molecule has 0 radical (unpaired) electrons. The Bertz CT molecular complexity index is 374. The number of carbonyl (C=O) groups excluding carboxylic acids is 1. The fourth-order valence-corrected chi connectivity index (χ4v) is 1.68. The van der Waals surface area contributed by atoms with Crippen LogP contribution in [0.25, 0.3) is 0 Å². The molecule has 17 heavy (non-hydrogen) atoms. The number of rotatable bonds is 6. The molecule has 1 aromatic heterocycles. The number of nitrogens with zero attached hydrogens (tertiary/aromatic N) is 2. The first kappa shape index (κ1) is 13.7. The molecule has 0 fully saturated rings. The molecule has 5 nitrogen and oxygen atoms in total. The summed E-state index contributed by atoms with van der Waals surface area (Å²) in [6, 6.07) is 1.39. The van der Waals surface area contributed by atoms with Crippen molar-refractivity contribution in [2.24, 2.45) is 5.73 Å². The monoisotopic (exact) mass is 239 g/mol. The molecule has 0 amide bonds. The van der Waals surface area contributed by atoms with Gasteiger partial charge in [0.1, 0.15) is 6.04 Å². The SMILES string of the molecule is CCOC(=O)C(N)Cc1cc(CC)nn1CC. The van der Waals surface area contributed by atoms with Crippen molar-refractivity contribution < 1.29 is 9.53 Å². The summed E-state index contributed by atoms with van der Waals surface area (Å²) in [4.78, 5) is 11.4. The van der Waals surface area contributed by atoms with Gasteiger partial charge in [-0.1, -0.05) is 6.92 Å². The van der Waals surface area contributed by atoms with Crippen LogP contribution in [0.3, 0.4) is 0 Å². The molecule has 0 aliphatic heterocycles. The molecule has 0 aromatic carbocycles. The maximum Gasteiger partial charge on any atom is 0.323 e. The normalized spacial score (nSPS) is 12.5. The summed E-state index contributed by atoms with van der Waals surface area (Å²) in [6.45, 7) is 6.99. The van der Waals surface area contributed by atoms with Crippen LogP contribution in [-0.4, -0.2) is 28.4 Å². The lowest BCUT2D eigenvalue weighted by Gasteiger charge is -2.11. The van der Waals surface area contributed by atoms with Gasteiger partial charge in [0.05, 0.1) is 12.3 Å². The van der Waals surface area contributed by atoms with Crippen LogP contribution in [0.5, 0.6) is 0 Å². The van der Waals surface area contributed by atoms with E-state index in [1.54, 1.807) is 6.92 Å². The van der Waals surface area contributed by atoms with Gasteiger partial charge in [0.25, 0.3) is 0 Å². The number of aryl methyl sites for hydroxylation is 2. The molecule has 1 aromatic rings. The van der Waals surface area contributed by atoms with Gasteiger partial charge in [-0.25, -0.2) is 0 Å². The highest BCUT2D eigenvalue weighted by atomic mass is 16.5. The lowest BCUT2D eigenvalue weighted by atomic mass is 10.1. The van der Waals surface area contributed by atoms with E-state index in [1.807, 2.05) is 17.7 Å². The number of hydrogen-bond acceptors (Lipinski definition) is 4. The summed E-state index contributed by atoms with van der Waals surface area (Å²) in [5, 5.41) is 4.41. The van der Waals surface area contributed by atoms with E-state index in [1.165, 1.54) is 0 Å². The highest BCUT2D eigenvalue weighted by Crippen LogP contribution is 2.08. The third-order valence-corrected chi connectivity index (χ3v) is 2.59. The van der Waals surface area contributed by atoms with Crippen molar-refractivity contribution in [3.63, 3.8) is 0 Å². The van der Waals surface area contributed by atoms with E-state index in [0.717, 1.165) is 24.4 Å². The largest absolute Gasteiger partial charge is 0.465 e. The number of ether oxygens (including phenoxy) is 1. The van der Waals surface area contributed by atoms with Gasteiger partial charge in [-0.05, 0) is 26.3 Å². The van der Waals surface area contributed by atoms with Crippen LogP contribution >= 0.6 is 0 Å². The average molecular weight is 239 g/mol. The third kappa shape index (κ3) is 3.56. The van der Waals surface area contributed by atoms with Gasteiger partial charge in [-0.3, -0.25) is 9.48 Å². The number of esters is 1. The molecule has 0 aliphatic carbocycles. The lowest BCUT2D eigenvalue weighted by molar-refractivity contribution is -0.144. The van der Waals surface area contributed by atoms with Crippen LogP contribution in [0.1, 0.15) is 32.2 Å². The molecular weight excluding hydrogens is 218 g/mol. The first-order valence-electron chi connectivity index (χ1n) is 6.10. The standard InChI is InChI=1S/C12H21N3O2/c1-4-9-7-10(15(5-2)14-9)8-11(13)12(16)17-6-3/h7,11H,4-6,8,13H2,1-3H3. The fraction of sp³-hybridized carbons (Fsp3) is 0.667. The van der Waals surface area contributed by atoms with E-state index >= 15 is 0 Å². The quantitative estimate of drug-likeness (QED) is 0.749. The summed E-state index contributed by atoms with van der Waals surface area (Å²) < 4.78 is 6.78. The van der Waals surface area contributed by atoms with Crippen molar-refractivity contribution in [2.45, 2.75) is 46.2 Å². The Hall–Kier alpha value is -1.36. The van der Waals surface area contributed by atoms with E-state index in [0.29, 0.717) is 13.0 Å². The van der Waals surface area contributed by atoms with Crippen LogP contribution < -0.4 is 5.73 Å². The van der Waals surface area contributed by atoms with Gasteiger partial charge in [-0.2, -0.15) is 5.10 Å². The van der Waals surface area contributed by atoms with Crippen molar-refractivity contribution in [2.75, 3.05) is 6.61 Å². The van der Waals surface area contributed by atoms with E-state index < -0.39 is 6.04 Å². The van der Waals surface area contributed by atoms with Crippen LogP contribution in [0.4, 0.5) is 0 Å². The van der Waals surface area contributed by atoms with Crippen molar-refractivity contribution in [1.82, 2.24) is 9.78 Å². The van der Waals surface area contributed by atoms with E-state index in [-0.39, 0.29) is 5.97 Å². The van der Waals surface area contributed by atoms with Crippen molar-refractivity contribution >= 4 is 5.97 Å². The van der Waals surface area contributed by atoms with Crippen molar-refractivity contribution in [1.29, 1.82) is 0 Å². The van der Waals surface area contributed by atoms with Crippen LogP contribution in [0.15, 0.2) is 6.07 Å². The summed E-state index contributed by atoms with van der Waals surface area (Å²) in [7, 11) is 0. The zero-order valence-corrected chi connectivity index (χ0v) is 10.8. The summed E-state index contributed by atoms with van der Waals surface area (Å²) in [6.07, 6.45) is 1.36. The Labute approximate surface area is 102 Å². The van der Waals surface area contributed by atoms with Gasteiger partial charge in [0, 0.05) is 18.7 Å². The zero-order valence-electron chi connectivity index (χ0n) is 10.8. The Morgan fingerprint density at radius 3 is 2.76 bits per heavy atom. The maximum atomic E-state index is 11.4. The molecule has 1 rings (SSSR count). The Morgan fingerprint density at radius 1 is 1.53 bits per heavy atom. The van der Waals surface area contributed by atoms with Gasteiger partial charge in [-0.15, -0.1) is 0 Å². The molecule has 5 heteroatoms. The first-order valence-corrected chi connectivity index (χ1v) is 6.10. The smallest absolute Gasteiger partial charge is 0.323 e. The second-order valence-corrected chi connectivity index (χ2v) is 3.86. The first-order chi connectivity index (χ1) is 8.12. The fourth-order valence-electron chi connectivity index (χ4n) is 1.68. The van der Waals surface area contributed by atoms with Gasteiger partial charge < -0.3 is 10.5 Å². The molecule has 1 unspecified atom stereocenters. The molecule has 0 saturated carbocycles. The van der Waals surface area contributed by atoms with Gasteiger partial charge >= 0.3 is 5.97 Å². The molecule has 96 valence electrons. The van der Waals surface area contributed by atoms with Crippen LogP contribution in [0.2, 0.25) is 0 Å². The molecule has 1 atom stereocenters.